The number of pyridine rings is 1. The standard InChI is InChI=1S/C17H11FN6/c18-12-3-1-2-11(10-12)15-23-16-14(20-8-9-21-16)17(24-15)22-13-4-6-19-7-5-13/h1-10H,(H,19,21,22,23,24). The van der Waals surface area contributed by atoms with Crippen molar-refractivity contribution in [1.82, 2.24) is 24.9 Å². The van der Waals surface area contributed by atoms with E-state index in [2.05, 4.69) is 30.2 Å². The van der Waals surface area contributed by atoms with Gasteiger partial charge in [0.1, 0.15) is 5.82 Å². The largest absolute Gasteiger partial charge is 0.338 e. The third-order valence-corrected chi connectivity index (χ3v) is 3.36. The predicted octanol–water partition coefficient (Wildman–Crippen LogP) is 3.36. The van der Waals surface area contributed by atoms with Gasteiger partial charge in [0.05, 0.1) is 0 Å². The van der Waals surface area contributed by atoms with Gasteiger partial charge in [0, 0.05) is 36.0 Å². The van der Waals surface area contributed by atoms with Crippen molar-refractivity contribution in [2.75, 3.05) is 5.32 Å². The Hall–Kier alpha value is -3.48. The lowest BCUT2D eigenvalue weighted by molar-refractivity contribution is 0.628. The molecule has 0 unspecified atom stereocenters. The second kappa shape index (κ2) is 5.96. The Labute approximate surface area is 136 Å². The quantitative estimate of drug-likeness (QED) is 0.624. The van der Waals surface area contributed by atoms with Crippen LogP contribution in [0.3, 0.4) is 0 Å². The van der Waals surface area contributed by atoms with Gasteiger partial charge >= 0.3 is 0 Å². The summed E-state index contributed by atoms with van der Waals surface area (Å²) in [6.45, 7) is 0. The Morgan fingerprint density at radius 3 is 2.54 bits per heavy atom. The first-order valence-electron chi connectivity index (χ1n) is 7.21. The lowest BCUT2D eigenvalue weighted by atomic mass is 10.2. The maximum atomic E-state index is 13.5. The van der Waals surface area contributed by atoms with Gasteiger partial charge in [0.25, 0.3) is 0 Å². The van der Waals surface area contributed by atoms with E-state index in [0.717, 1.165) is 5.69 Å². The number of aromatic nitrogens is 5. The van der Waals surface area contributed by atoms with E-state index < -0.39 is 0 Å². The van der Waals surface area contributed by atoms with Gasteiger partial charge in [-0.1, -0.05) is 12.1 Å². The summed E-state index contributed by atoms with van der Waals surface area (Å²) in [6, 6.07) is 9.74. The van der Waals surface area contributed by atoms with E-state index >= 15 is 0 Å². The Balaban J connectivity index is 1.88. The molecular weight excluding hydrogens is 307 g/mol. The van der Waals surface area contributed by atoms with Crippen LogP contribution >= 0.6 is 0 Å². The molecule has 0 bridgehead atoms. The zero-order valence-electron chi connectivity index (χ0n) is 12.4. The van der Waals surface area contributed by atoms with Gasteiger partial charge < -0.3 is 5.32 Å². The molecule has 4 rings (SSSR count). The normalized spacial score (nSPS) is 10.7. The third kappa shape index (κ3) is 2.74. The molecule has 0 atom stereocenters. The van der Waals surface area contributed by atoms with Crippen molar-refractivity contribution in [2.45, 2.75) is 0 Å². The maximum absolute atomic E-state index is 13.5. The van der Waals surface area contributed by atoms with Crippen LogP contribution in [-0.2, 0) is 0 Å². The molecule has 4 aromatic rings. The highest BCUT2D eigenvalue weighted by Crippen LogP contribution is 2.25. The van der Waals surface area contributed by atoms with Crippen molar-refractivity contribution in [3.05, 3.63) is 67.0 Å². The van der Waals surface area contributed by atoms with Crippen molar-refractivity contribution >= 4 is 22.7 Å². The van der Waals surface area contributed by atoms with Crippen LogP contribution in [0.5, 0.6) is 0 Å². The number of anilines is 2. The van der Waals surface area contributed by atoms with Crippen LogP contribution in [0.2, 0.25) is 0 Å². The summed E-state index contributed by atoms with van der Waals surface area (Å²) < 4.78 is 13.5. The van der Waals surface area contributed by atoms with Gasteiger partial charge in [-0.05, 0) is 24.3 Å². The molecule has 1 aromatic carbocycles. The molecule has 0 fully saturated rings. The fourth-order valence-electron chi connectivity index (χ4n) is 2.28. The lowest BCUT2D eigenvalue weighted by Gasteiger charge is -2.09. The van der Waals surface area contributed by atoms with Crippen LogP contribution in [-0.4, -0.2) is 24.9 Å². The number of hydrogen-bond acceptors (Lipinski definition) is 6. The van der Waals surface area contributed by atoms with Crippen LogP contribution in [0.15, 0.2) is 61.2 Å². The number of rotatable bonds is 3. The van der Waals surface area contributed by atoms with E-state index in [0.29, 0.717) is 28.4 Å². The Morgan fingerprint density at radius 1 is 0.875 bits per heavy atom. The van der Waals surface area contributed by atoms with Gasteiger partial charge in [0.15, 0.2) is 22.8 Å². The SMILES string of the molecule is Fc1cccc(-c2nc(Nc3ccncc3)c3nccnc3n2)c1. The van der Waals surface area contributed by atoms with Gasteiger partial charge in [-0.25, -0.2) is 24.3 Å². The fourth-order valence-corrected chi connectivity index (χ4v) is 2.28. The molecule has 24 heavy (non-hydrogen) atoms. The highest BCUT2D eigenvalue weighted by molar-refractivity contribution is 5.86. The number of halogens is 1. The second-order valence-corrected chi connectivity index (χ2v) is 5.00. The minimum Gasteiger partial charge on any atom is -0.338 e. The van der Waals surface area contributed by atoms with Crippen LogP contribution in [0, 0.1) is 5.82 Å². The van der Waals surface area contributed by atoms with Crippen LogP contribution in [0.4, 0.5) is 15.9 Å². The number of benzene rings is 1. The molecule has 0 amide bonds. The summed E-state index contributed by atoms with van der Waals surface area (Å²) in [5.41, 5.74) is 2.35. The van der Waals surface area contributed by atoms with Crippen molar-refractivity contribution in [3.63, 3.8) is 0 Å². The van der Waals surface area contributed by atoms with Crippen LogP contribution in [0.1, 0.15) is 0 Å². The molecule has 0 saturated heterocycles. The molecule has 0 aliphatic rings. The zero-order chi connectivity index (χ0) is 16.4. The molecule has 0 aliphatic heterocycles. The first kappa shape index (κ1) is 14.1. The van der Waals surface area contributed by atoms with Crippen molar-refractivity contribution < 1.29 is 4.39 Å². The highest BCUT2D eigenvalue weighted by Gasteiger charge is 2.12. The molecule has 6 nitrogen and oxygen atoms in total. The summed E-state index contributed by atoms with van der Waals surface area (Å²) in [4.78, 5) is 21.4. The van der Waals surface area contributed by atoms with E-state index in [1.807, 2.05) is 12.1 Å². The van der Waals surface area contributed by atoms with E-state index in [1.54, 1.807) is 36.9 Å². The summed E-state index contributed by atoms with van der Waals surface area (Å²) >= 11 is 0. The molecule has 3 aromatic heterocycles. The Morgan fingerprint density at radius 2 is 1.71 bits per heavy atom. The zero-order valence-corrected chi connectivity index (χ0v) is 12.4. The van der Waals surface area contributed by atoms with Gasteiger partial charge in [-0.15, -0.1) is 0 Å². The molecule has 1 N–H and O–H groups in total. The van der Waals surface area contributed by atoms with Crippen LogP contribution in [0.25, 0.3) is 22.6 Å². The minimum atomic E-state index is -0.348. The second-order valence-electron chi connectivity index (χ2n) is 5.00. The summed E-state index contributed by atoms with van der Waals surface area (Å²) in [5.74, 6) is 0.525. The molecule has 7 heteroatoms. The highest BCUT2D eigenvalue weighted by atomic mass is 19.1. The fraction of sp³-hybridized carbons (Fsp3) is 0. The van der Waals surface area contributed by atoms with Crippen LogP contribution < -0.4 is 5.32 Å². The monoisotopic (exact) mass is 318 g/mol. The molecule has 0 radical (unpaired) electrons. The lowest BCUT2D eigenvalue weighted by Crippen LogP contribution is -2.01. The Bertz CT molecular complexity index is 1010. The molecule has 0 spiro atoms. The molecule has 116 valence electrons. The van der Waals surface area contributed by atoms with Crippen molar-refractivity contribution in [1.29, 1.82) is 0 Å². The van der Waals surface area contributed by atoms with E-state index in [9.17, 15) is 4.39 Å². The van der Waals surface area contributed by atoms with E-state index in [4.69, 9.17) is 0 Å². The first-order chi connectivity index (χ1) is 11.8. The average Bonchev–Trinajstić information content (AvgIpc) is 2.62. The number of fused-ring (bicyclic) bond motifs is 1. The minimum absolute atomic E-state index is 0.348. The first-order valence-corrected chi connectivity index (χ1v) is 7.21. The smallest absolute Gasteiger partial charge is 0.184 e. The average molecular weight is 318 g/mol. The number of nitrogens with zero attached hydrogens (tertiary/aromatic N) is 5. The maximum Gasteiger partial charge on any atom is 0.184 e. The predicted molar refractivity (Wildman–Crippen MR) is 88.0 cm³/mol. The molecule has 0 aliphatic carbocycles. The van der Waals surface area contributed by atoms with Gasteiger partial charge in [0.2, 0.25) is 0 Å². The van der Waals surface area contributed by atoms with Crippen molar-refractivity contribution in [3.8, 4) is 11.4 Å². The third-order valence-electron chi connectivity index (χ3n) is 3.36. The molecular formula is C17H11FN6. The number of nitrogens with one attached hydrogen (secondary N) is 1. The van der Waals surface area contributed by atoms with Gasteiger partial charge in [-0.2, -0.15) is 0 Å². The summed E-state index contributed by atoms with van der Waals surface area (Å²) in [6.07, 6.45) is 6.47. The molecule has 3 heterocycles. The molecule has 0 saturated carbocycles. The van der Waals surface area contributed by atoms with Gasteiger partial charge in [-0.3, -0.25) is 4.98 Å². The van der Waals surface area contributed by atoms with E-state index in [-0.39, 0.29) is 5.82 Å². The summed E-state index contributed by atoms with van der Waals surface area (Å²) in [7, 11) is 0. The number of hydrogen-bond donors (Lipinski definition) is 1. The van der Waals surface area contributed by atoms with Crippen molar-refractivity contribution in [2.24, 2.45) is 0 Å². The Kier molecular flexibility index (Phi) is 3.51. The summed E-state index contributed by atoms with van der Waals surface area (Å²) in [5, 5.41) is 3.18. The van der Waals surface area contributed by atoms with E-state index in [1.165, 1.54) is 12.1 Å². The topological polar surface area (TPSA) is 76.5 Å².